The zero-order valence-corrected chi connectivity index (χ0v) is 11.0. The SMILES string of the molecule is Cc1ccc(CNc2cc([N+](=O)[O-])ccc2Cl)cn1. The highest BCUT2D eigenvalue weighted by Crippen LogP contribution is 2.27. The number of non-ortho nitro benzene ring substituents is 1. The van der Waals surface area contributed by atoms with Crippen LogP contribution in [0.1, 0.15) is 11.3 Å². The lowest BCUT2D eigenvalue weighted by Gasteiger charge is -2.08. The van der Waals surface area contributed by atoms with Crippen LogP contribution in [0.4, 0.5) is 11.4 Å². The van der Waals surface area contributed by atoms with Crippen molar-refractivity contribution in [3.05, 3.63) is 62.9 Å². The Balaban J connectivity index is 2.12. The van der Waals surface area contributed by atoms with Crippen molar-refractivity contribution < 1.29 is 4.92 Å². The molecule has 0 radical (unpaired) electrons. The number of nitro benzene ring substituents is 1. The molecule has 0 saturated carbocycles. The fraction of sp³-hybridized carbons (Fsp3) is 0.154. The molecule has 98 valence electrons. The Hall–Kier alpha value is -2.14. The average molecular weight is 278 g/mol. The van der Waals surface area contributed by atoms with E-state index in [9.17, 15) is 10.1 Å². The van der Waals surface area contributed by atoms with Crippen molar-refractivity contribution in [2.75, 3.05) is 5.32 Å². The van der Waals surface area contributed by atoms with E-state index in [2.05, 4.69) is 10.3 Å². The van der Waals surface area contributed by atoms with Gasteiger partial charge in [-0.1, -0.05) is 17.7 Å². The summed E-state index contributed by atoms with van der Waals surface area (Å²) in [4.78, 5) is 14.4. The number of aromatic nitrogens is 1. The standard InChI is InChI=1S/C13H12ClN3O2/c1-9-2-3-10(7-15-9)8-16-13-6-11(17(18)19)4-5-12(13)14/h2-7,16H,8H2,1H3. The van der Waals surface area contributed by atoms with E-state index in [1.54, 1.807) is 6.20 Å². The second-order valence-electron chi connectivity index (χ2n) is 4.08. The summed E-state index contributed by atoms with van der Waals surface area (Å²) >= 11 is 5.99. The van der Waals surface area contributed by atoms with Crippen LogP contribution < -0.4 is 5.32 Å². The van der Waals surface area contributed by atoms with Gasteiger partial charge in [-0.2, -0.15) is 0 Å². The highest BCUT2D eigenvalue weighted by atomic mass is 35.5. The molecule has 5 nitrogen and oxygen atoms in total. The van der Waals surface area contributed by atoms with Crippen molar-refractivity contribution in [2.24, 2.45) is 0 Å². The van der Waals surface area contributed by atoms with Crippen LogP contribution in [0.25, 0.3) is 0 Å². The largest absolute Gasteiger partial charge is 0.379 e. The smallest absolute Gasteiger partial charge is 0.271 e. The van der Waals surface area contributed by atoms with Crippen LogP contribution in [0.2, 0.25) is 5.02 Å². The molecule has 0 aliphatic heterocycles. The van der Waals surface area contributed by atoms with Gasteiger partial charge in [0.1, 0.15) is 0 Å². The van der Waals surface area contributed by atoms with E-state index >= 15 is 0 Å². The summed E-state index contributed by atoms with van der Waals surface area (Å²) in [5.41, 5.74) is 2.47. The maximum Gasteiger partial charge on any atom is 0.271 e. The minimum absolute atomic E-state index is 0.00827. The van der Waals surface area contributed by atoms with Crippen LogP contribution in [0.3, 0.4) is 0 Å². The third-order valence-corrected chi connectivity index (χ3v) is 2.95. The van der Waals surface area contributed by atoms with Gasteiger partial charge in [0.25, 0.3) is 5.69 Å². The van der Waals surface area contributed by atoms with Gasteiger partial charge >= 0.3 is 0 Å². The molecule has 0 fully saturated rings. The number of nitro groups is 1. The number of benzene rings is 1. The van der Waals surface area contributed by atoms with Gasteiger partial charge < -0.3 is 5.32 Å². The van der Waals surface area contributed by atoms with E-state index in [4.69, 9.17) is 11.6 Å². The molecule has 0 atom stereocenters. The van der Waals surface area contributed by atoms with E-state index in [1.807, 2.05) is 19.1 Å². The predicted octanol–water partition coefficient (Wildman–Crippen LogP) is 3.56. The zero-order valence-electron chi connectivity index (χ0n) is 10.3. The molecule has 0 unspecified atom stereocenters. The Bertz CT molecular complexity index is 599. The minimum Gasteiger partial charge on any atom is -0.379 e. The number of hydrogen-bond acceptors (Lipinski definition) is 4. The predicted molar refractivity (Wildman–Crippen MR) is 74.4 cm³/mol. The first-order chi connectivity index (χ1) is 9.06. The Labute approximate surface area is 115 Å². The highest BCUT2D eigenvalue weighted by molar-refractivity contribution is 6.33. The fourth-order valence-electron chi connectivity index (χ4n) is 1.56. The lowest BCUT2D eigenvalue weighted by molar-refractivity contribution is -0.384. The first kappa shape index (κ1) is 13.3. The Morgan fingerprint density at radius 1 is 1.37 bits per heavy atom. The van der Waals surface area contributed by atoms with Crippen LogP contribution in [0, 0.1) is 17.0 Å². The first-order valence-electron chi connectivity index (χ1n) is 5.65. The molecule has 0 spiro atoms. The van der Waals surface area contributed by atoms with Crippen molar-refractivity contribution in [3.63, 3.8) is 0 Å². The maximum atomic E-state index is 10.7. The van der Waals surface area contributed by atoms with Gasteiger partial charge in [-0.3, -0.25) is 15.1 Å². The maximum absolute atomic E-state index is 10.7. The summed E-state index contributed by atoms with van der Waals surface area (Å²) in [7, 11) is 0. The molecule has 1 aromatic carbocycles. The number of pyridine rings is 1. The van der Waals surface area contributed by atoms with Gasteiger partial charge in [0.05, 0.1) is 15.6 Å². The van der Waals surface area contributed by atoms with Crippen molar-refractivity contribution in [1.29, 1.82) is 0 Å². The Morgan fingerprint density at radius 3 is 2.79 bits per heavy atom. The molecular formula is C13H12ClN3O2. The zero-order chi connectivity index (χ0) is 13.8. The summed E-state index contributed by atoms with van der Waals surface area (Å²) in [6, 6.07) is 8.16. The first-order valence-corrected chi connectivity index (χ1v) is 6.03. The highest BCUT2D eigenvalue weighted by Gasteiger charge is 2.09. The topological polar surface area (TPSA) is 68.1 Å². The van der Waals surface area contributed by atoms with E-state index < -0.39 is 4.92 Å². The van der Waals surface area contributed by atoms with Gasteiger partial charge in [0.15, 0.2) is 0 Å². The molecule has 2 rings (SSSR count). The van der Waals surface area contributed by atoms with Crippen molar-refractivity contribution in [1.82, 2.24) is 4.98 Å². The van der Waals surface area contributed by atoms with E-state index in [0.717, 1.165) is 11.3 Å². The second kappa shape index (κ2) is 5.67. The molecule has 0 aliphatic rings. The molecule has 6 heteroatoms. The van der Waals surface area contributed by atoms with Crippen LogP contribution in [0.5, 0.6) is 0 Å². The number of nitrogens with zero attached hydrogens (tertiary/aromatic N) is 2. The summed E-state index contributed by atoms with van der Waals surface area (Å²) in [6.45, 7) is 2.42. The van der Waals surface area contributed by atoms with Crippen molar-refractivity contribution in [2.45, 2.75) is 13.5 Å². The number of halogens is 1. The minimum atomic E-state index is -0.449. The average Bonchev–Trinajstić information content (AvgIpc) is 2.39. The lowest BCUT2D eigenvalue weighted by atomic mass is 10.2. The van der Waals surface area contributed by atoms with Gasteiger partial charge in [-0.25, -0.2) is 0 Å². The van der Waals surface area contributed by atoms with Gasteiger partial charge in [-0.15, -0.1) is 0 Å². The van der Waals surface area contributed by atoms with Crippen LogP contribution in [0.15, 0.2) is 36.5 Å². The molecule has 1 aromatic heterocycles. The normalized spacial score (nSPS) is 10.2. The van der Waals surface area contributed by atoms with Crippen molar-refractivity contribution >= 4 is 23.0 Å². The molecular weight excluding hydrogens is 266 g/mol. The molecule has 0 amide bonds. The van der Waals surface area contributed by atoms with Gasteiger partial charge in [0.2, 0.25) is 0 Å². The number of aryl methyl sites for hydroxylation is 1. The second-order valence-corrected chi connectivity index (χ2v) is 4.49. The van der Waals surface area contributed by atoms with Crippen LogP contribution in [-0.4, -0.2) is 9.91 Å². The monoisotopic (exact) mass is 277 g/mol. The summed E-state index contributed by atoms with van der Waals surface area (Å²) in [5, 5.41) is 14.2. The Kier molecular flexibility index (Phi) is 3.97. The third-order valence-electron chi connectivity index (χ3n) is 2.62. The molecule has 1 heterocycles. The molecule has 1 N–H and O–H groups in total. The van der Waals surface area contributed by atoms with Gasteiger partial charge in [-0.05, 0) is 24.6 Å². The lowest BCUT2D eigenvalue weighted by Crippen LogP contribution is -2.01. The molecule has 0 saturated heterocycles. The molecule has 2 aromatic rings. The number of anilines is 1. The van der Waals surface area contributed by atoms with Gasteiger partial charge in [0, 0.05) is 30.6 Å². The molecule has 19 heavy (non-hydrogen) atoms. The summed E-state index contributed by atoms with van der Waals surface area (Å²) in [5.74, 6) is 0. The summed E-state index contributed by atoms with van der Waals surface area (Å²) < 4.78 is 0. The van der Waals surface area contributed by atoms with Crippen molar-refractivity contribution in [3.8, 4) is 0 Å². The number of rotatable bonds is 4. The van der Waals surface area contributed by atoms with E-state index in [1.165, 1.54) is 18.2 Å². The number of nitrogens with one attached hydrogen (secondary N) is 1. The van der Waals surface area contributed by atoms with Crippen LogP contribution >= 0.6 is 11.6 Å². The van der Waals surface area contributed by atoms with Crippen LogP contribution in [-0.2, 0) is 6.54 Å². The van der Waals surface area contributed by atoms with E-state index in [0.29, 0.717) is 17.3 Å². The fourth-order valence-corrected chi connectivity index (χ4v) is 1.75. The summed E-state index contributed by atoms with van der Waals surface area (Å²) in [6.07, 6.45) is 1.76. The van der Waals surface area contributed by atoms with E-state index in [-0.39, 0.29) is 5.69 Å². The molecule has 0 aliphatic carbocycles. The quantitative estimate of drug-likeness (QED) is 0.685. The Morgan fingerprint density at radius 2 is 2.16 bits per heavy atom. The third kappa shape index (κ3) is 3.42. The number of hydrogen-bond donors (Lipinski definition) is 1. The molecule has 0 bridgehead atoms.